The second-order valence-electron chi connectivity index (χ2n) is 7.31. The van der Waals surface area contributed by atoms with Crippen LogP contribution in [0, 0.1) is 0 Å². The lowest BCUT2D eigenvalue weighted by molar-refractivity contribution is 0.102. The van der Waals surface area contributed by atoms with Crippen molar-refractivity contribution in [3.8, 4) is 5.75 Å². The molecule has 0 bridgehead atoms. The predicted molar refractivity (Wildman–Crippen MR) is 111 cm³/mol. The molecule has 1 amide bonds. The summed E-state index contributed by atoms with van der Waals surface area (Å²) in [6.45, 7) is 3.16. The molecule has 0 saturated carbocycles. The molecule has 0 aliphatic carbocycles. The highest BCUT2D eigenvalue weighted by Crippen LogP contribution is 2.22. The number of rotatable bonds is 5. The van der Waals surface area contributed by atoms with Crippen molar-refractivity contribution in [2.75, 3.05) is 25.5 Å². The first-order valence-electron chi connectivity index (χ1n) is 9.77. The lowest BCUT2D eigenvalue weighted by Crippen LogP contribution is -2.30. The lowest BCUT2D eigenvalue weighted by atomic mass is 10.1. The fourth-order valence-electron chi connectivity index (χ4n) is 3.73. The molecule has 4 rings (SSSR count). The Bertz CT molecular complexity index is 972. The Kier molecular flexibility index (Phi) is 5.30. The van der Waals surface area contributed by atoms with Gasteiger partial charge in [-0.15, -0.1) is 0 Å². The average molecular weight is 378 g/mol. The summed E-state index contributed by atoms with van der Waals surface area (Å²) in [7, 11) is 3.67. The Balaban J connectivity index is 1.51. The van der Waals surface area contributed by atoms with Gasteiger partial charge in [0.2, 0.25) is 0 Å². The number of methoxy groups -OCH3 is 1. The smallest absolute Gasteiger partial charge is 0.255 e. The van der Waals surface area contributed by atoms with E-state index in [1.165, 1.54) is 19.3 Å². The number of ether oxygens (including phenoxy) is 1. The zero-order valence-electron chi connectivity index (χ0n) is 16.4. The first-order chi connectivity index (χ1) is 13.6. The summed E-state index contributed by atoms with van der Waals surface area (Å²) in [6.07, 6.45) is 3.87. The van der Waals surface area contributed by atoms with Crippen LogP contribution < -0.4 is 10.1 Å². The molecule has 1 saturated heterocycles. The topological polar surface area (TPSA) is 59.4 Å². The minimum Gasteiger partial charge on any atom is -0.497 e. The number of piperidine rings is 1. The fourth-order valence-corrected chi connectivity index (χ4v) is 3.73. The molecule has 0 radical (unpaired) electrons. The molecular formula is C22H26N4O2. The van der Waals surface area contributed by atoms with Crippen molar-refractivity contribution in [1.29, 1.82) is 0 Å². The second kappa shape index (κ2) is 8.02. The third-order valence-corrected chi connectivity index (χ3v) is 5.40. The Labute approximate surface area is 165 Å². The molecule has 0 unspecified atom stereocenters. The van der Waals surface area contributed by atoms with E-state index in [2.05, 4.69) is 21.8 Å². The normalized spacial score (nSPS) is 14.9. The quantitative estimate of drug-likeness (QED) is 0.733. The van der Waals surface area contributed by atoms with E-state index in [9.17, 15) is 4.79 Å². The molecule has 1 aliphatic rings. The molecule has 0 atom stereocenters. The number of aromatic nitrogens is 2. The van der Waals surface area contributed by atoms with Crippen LogP contribution in [0.2, 0.25) is 0 Å². The Morgan fingerprint density at radius 1 is 1.11 bits per heavy atom. The molecule has 6 nitrogen and oxygen atoms in total. The third-order valence-electron chi connectivity index (χ3n) is 5.40. The van der Waals surface area contributed by atoms with Crippen LogP contribution in [0.3, 0.4) is 0 Å². The van der Waals surface area contributed by atoms with Gasteiger partial charge >= 0.3 is 0 Å². The molecule has 28 heavy (non-hydrogen) atoms. The summed E-state index contributed by atoms with van der Waals surface area (Å²) in [4.78, 5) is 19.8. The minimum absolute atomic E-state index is 0.147. The number of hydrogen-bond donors (Lipinski definition) is 1. The molecule has 1 fully saturated rings. The van der Waals surface area contributed by atoms with Crippen molar-refractivity contribution >= 4 is 22.6 Å². The number of anilines is 1. The number of fused-ring (bicyclic) bond motifs is 1. The van der Waals surface area contributed by atoms with Gasteiger partial charge in [-0.05, 0) is 68.4 Å². The van der Waals surface area contributed by atoms with Crippen LogP contribution in [0.1, 0.15) is 35.4 Å². The van der Waals surface area contributed by atoms with Gasteiger partial charge in [-0.25, -0.2) is 4.98 Å². The second-order valence-corrected chi connectivity index (χ2v) is 7.31. The van der Waals surface area contributed by atoms with Gasteiger partial charge in [0.1, 0.15) is 11.6 Å². The number of carbonyl (C=O) groups excluding carboxylic acids is 1. The molecule has 2 aromatic carbocycles. The zero-order valence-corrected chi connectivity index (χ0v) is 16.4. The van der Waals surface area contributed by atoms with Crippen LogP contribution in [0.5, 0.6) is 5.75 Å². The van der Waals surface area contributed by atoms with Crippen LogP contribution in [-0.4, -0.2) is 40.6 Å². The molecule has 0 spiro atoms. The summed E-state index contributed by atoms with van der Waals surface area (Å²) < 4.78 is 7.29. The summed E-state index contributed by atoms with van der Waals surface area (Å²) in [5.41, 5.74) is 3.32. The van der Waals surface area contributed by atoms with Crippen molar-refractivity contribution < 1.29 is 9.53 Å². The van der Waals surface area contributed by atoms with E-state index in [-0.39, 0.29) is 5.91 Å². The highest BCUT2D eigenvalue weighted by Gasteiger charge is 2.15. The maximum Gasteiger partial charge on any atom is 0.255 e. The fraction of sp³-hybridized carbons (Fsp3) is 0.364. The standard InChI is InChI=1S/C22H26N4O2/c1-25-20-11-8-17(23-22(27)16-6-9-18(28-2)10-7-16)14-19(20)24-21(25)15-26-12-4-3-5-13-26/h6-11,14H,3-5,12-13,15H2,1-2H3,(H,23,27). The van der Waals surface area contributed by atoms with Gasteiger partial charge in [-0.1, -0.05) is 6.42 Å². The van der Waals surface area contributed by atoms with Gasteiger partial charge in [-0.3, -0.25) is 9.69 Å². The van der Waals surface area contributed by atoms with E-state index in [1.807, 2.05) is 18.2 Å². The van der Waals surface area contributed by atoms with E-state index in [4.69, 9.17) is 9.72 Å². The number of imidazole rings is 1. The Morgan fingerprint density at radius 2 is 1.86 bits per heavy atom. The van der Waals surface area contributed by atoms with Crippen molar-refractivity contribution in [2.45, 2.75) is 25.8 Å². The number of aryl methyl sites for hydroxylation is 1. The van der Waals surface area contributed by atoms with E-state index >= 15 is 0 Å². The maximum absolute atomic E-state index is 12.5. The SMILES string of the molecule is COc1ccc(C(=O)Nc2ccc3c(c2)nc(CN2CCCCC2)n3C)cc1. The summed E-state index contributed by atoms with van der Waals surface area (Å²) in [5, 5.41) is 2.96. The number of nitrogens with one attached hydrogen (secondary N) is 1. The van der Waals surface area contributed by atoms with Crippen LogP contribution in [0.25, 0.3) is 11.0 Å². The van der Waals surface area contributed by atoms with Crippen molar-refractivity contribution in [3.05, 3.63) is 53.9 Å². The number of carbonyl (C=O) groups is 1. The summed E-state index contributed by atoms with van der Waals surface area (Å²) in [6, 6.07) is 13.0. The first kappa shape index (κ1) is 18.5. The molecular weight excluding hydrogens is 352 g/mol. The number of likely N-dealkylation sites (tertiary alicyclic amines) is 1. The molecule has 6 heteroatoms. The van der Waals surface area contributed by atoms with Gasteiger partial charge in [0.15, 0.2) is 0 Å². The van der Waals surface area contributed by atoms with Crippen molar-refractivity contribution in [2.24, 2.45) is 7.05 Å². The van der Waals surface area contributed by atoms with Crippen LogP contribution in [0.15, 0.2) is 42.5 Å². The predicted octanol–water partition coefficient (Wildman–Crippen LogP) is 3.82. The molecule has 1 N–H and O–H groups in total. The number of hydrogen-bond acceptors (Lipinski definition) is 4. The lowest BCUT2D eigenvalue weighted by Gasteiger charge is -2.25. The molecule has 3 aromatic rings. The Hall–Kier alpha value is -2.86. The van der Waals surface area contributed by atoms with E-state index in [1.54, 1.807) is 31.4 Å². The largest absolute Gasteiger partial charge is 0.497 e. The van der Waals surface area contributed by atoms with Crippen LogP contribution >= 0.6 is 0 Å². The number of benzene rings is 2. The number of amides is 1. The van der Waals surface area contributed by atoms with E-state index in [0.29, 0.717) is 5.56 Å². The summed E-state index contributed by atoms with van der Waals surface area (Å²) in [5.74, 6) is 1.65. The van der Waals surface area contributed by atoms with Gasteiger partial charge in [-0.2, -0.15) is 0 Å². The molecule has 1 aliphatic heterocycles. The van der Waals surface area contributed by atoms with Gasteiger partial charge in [0.25, 0.3) is 5.91 Å². The zero-order chi connectivity index (χ0) is 19.5. The van der Waals surface area contributed by atoms with Gasteiger partial charge in [0.05, 0.1) is 24.7 Å². The first-order valence-corrected chi connectivity index (χ1v) is 9.77. The summed E-state index contributed by atoms with van der Waals surface area (Å²) >= 11 is 0. The van der Waals surface area contributed by atoms with E-state index < -0.39 is 0 Å². The van der Waals surface area contributed by atoms with Gasteiger partial charge < -0.3 is 14.6 Å². The maximum atomic E-state index is 12.5. The van der Waals surface area contributed by atoms with Gasteiger partial charge in [0, 0.05) is 18.3 Å². The van der Waals surface area contributed by atoms with Crippen LogP contribution in [-0.2, 0) is 13.6 Å². The highest BCUT2D eigenvalue weighted by atomic mass is 16.5. The van der Waals surface area contributed by atoms with Crippen LogP contribution in [0.4, 0.5) is 5.69 Å². The monoisotopic (exact) mass is 378 g/mol. The van der Waals surface area contributed by atoms with Crippen molar-refractivity contribution in [3.63, 3.8) is 0 Å². The number of nitrogens with zero attached hydrogens (tertiary/aromatic N) is 3. The minimum atomic E-state index is -0.147. The molecule has 1 aromatic heterocycles. The molecule has 2 heterocycles. The molecule has 146 valence electrons. The van der Waals surface area contributed by atoms with Crippen molar-refractivity contribution in [1.82, 2.24) is 14.5 Å². The highest BCUT2D eigenvalue weighted by molar-refractivity contribution is 6.05. The third kappa shape index (κ3) is 3.87. The van der Waals surface area contributed by atoms with E-state index in [0.717, 1.165) is 47.9 Å². The average Bonchev–Trinajstić information content (AvgIpc) is 3.03. The Morgan fingerprint density at radius 3 is 2.57 bits per heavy atom.